The summed E-state index contributed by atoms with van der Waals surface area (Å²) in [5.41, 5.74) is 1.65. The third kappa shape index (κ3) is 3.96. The van der Waals surface area contributed by atoms with E-state index >= 15 is 0 Å². The third-order valence-corrected chi connectivity index (χ3v) is 4.10. The van der Waals surface area contributed by atoms with Gasteiger partial charge in [0.15, 0.2) is 0 Å². The smallest absolute Gasteiger partial charge is 0.248 e. The second-order valence-electron chi connectivity index (χ2n) is 4.80. The highest BCUT2D eigenvalue weighted by Crippen LogP contribution is 2.22. The van der Waals surface area contributed by atoms with E-state index in [0.29, 0.717) is 12.3 Å². The van der Waals surface area contributed by atoms with Gasteiger partial charge in [-0.2, -0.15) is 0 Å². The zero-order chi connectivity index (χ0) is 16.1. The van der Waals surface area contributed by atoms with E-state index in [9.17, 15) is 4.79 Å². The van der Waals surface area contributed by atoms with Crippen molar-refractivity contribution in [3.05, 3.63) is 59.6 Å². The van der Waals surface area contributed by atoms with Crippen LogP contribution < -0.4 is 10.1 Å². The molecule has 2 aromatic carbocycles. The van der Waals surface area contributed by atoms with Crippen molar-refractivity contribution in [2.75, 3.05) is 11.9 Å². The van der Waals surface area contributed by atoms with Gasteiger partial charge in [-0.05, 0) is 37.3 Å². The molecule has 0 bridgehead atoms. The van der Waals surface area contributed by atoms with Gasteiger partial charge in [0, 0.05) is 17.8 Å². The minimum absolute atomic E-state index is 0.196. The van der Waals surface area contributed by atoms with Crippen molar-refractivity contribution in [3.63, 3.8) is 0 Å². The van der Waals surface area contributed by atoms with E-state index < -0.39 is 0 Å². The number of anilines is 1. The van der Waals surface area contributed by atoms with E-state index in [2.05, 4.69) is 10.3 Å². The molecule has 0 aliphatic carbocycles. The summed E-state index contributed by atoms with van der Waals surface area (Å²) in [6.07, 6.45) is 3.22. The molecule has 0 atom stereocenters. The van der Waals surface area contributed by atoms with Crippen LogP contribution >= 0.6 is 11.3 Å². The Balaban J connectivity index is 1.67. The topological polar surface area (TPSA) is 51.2 Å². The van der Waals surface area contributed by atoms with Gasteiger partial charge >= 0.3 is 0 Å². The van der Waals surface area contributed by atoms with Gasteiger partial charge in [-0.25, -0.2) is 4.98 Å². The lowest BCUT2D eigenvalue weighted by Gasteiger charge is -2.06. The molecule has 0 fully saturated rings. The molecular formula is C18H16N2O2S. The number of nitrogens with one attached hydrogen (secondary N) is 1. The lowest BCUT2D eigenvalue weighted by Crippen LogP contribution is -2.07. The molecule has 0 saturated carbocycles. The van der Waals surface area contributed by atoms with E-state index in [1.54, 1.807) is 23.5 Å². The van der Waals surface area contributed by atoms with E-state index in [0.717, 1.165) is 21.0 Å². The number of fused-ring (bicyclic) bond motifs is 1. The number of amides is 1. The van der Waals surface area contributed by atoms with Gasteiger partial charge in [0.05, 0.1) is 16.8 Å². The minimum atomic E-state index is -0.196. The second kappa shape index (κ2) is 7.07. The van der Waals surface area contributed by atoms with Crippen molar-refractivity contribution in [1.29, 1.82) is 0 Å². The van der Waals surface area contributed by atoms with E-state index in [4.69, 9.17) is 4.74 Å². The van der Waals surface area contributed by atoms with Crippen LogP contribution in [0.4, 0.5) is 5.69 Å². The minimum Gasteiger partial charge on any atom is -0.494 e. The fourth-order valence-corrected chi connectivity index (χ4v) is 2.99. The van der Waals surface area contributed by atoms with Gasteiger partial charge in [-0.15, -0.1) is 11.3 Å². The summed E-state index contributed by atoms with van der Waals surface area (Å²) >= 11 is 1.56. The molecule has 0 aliphatic heterocycles. The fourth-order valence-electron chi connectivity index (χ4n) is 2.12. The molecule has 1 amide bonds. The van der Waals surface area contributed by atoms with Gasteiger partial charge in [0.1, 0.15) is 10.8 Å². The molecule has 3 rings (SSSR count). The summed E-state index contributed by atoms with van der Waals surface area (Å²) in [5.74, 6) is 0.540. The molecule has 116 valence electrons. The molecule has 5 heteroatoms. The van der Waals surface area contributed by atoms with Gasteiger partial charge < -0.3 is 10.1 Å². The molecule has 0 unspecified atom stereocenters. The molecular weight excluding hydrogens is 308 g/mol. The Hall–Kier alpha value is -2.66. The number of hydrogen-bond donors (Lipinski definition) is 1. The Morgan fingerprint density at radius 1 is 1.26 bits per heavy atom. The largest absolute Gasteiger partial charge is 0.494 e. The fraction of sp³-hybridized carbons (Fsp3) is 0.111. The van der Waals surface area contributed by atoms with Gasteiger partial charge in [-0.3, -0.25) is 4.79 Å². The quantitative estimate of drug-likeness (QED) is 0.710. The maximum atomic E-state index is 12.0. The number of carbonyl (C=O) groups is 1. The number of para-hydroxylation sites is 1. The summed E-state index contributed by atoms with van der Waals surface area (Å²) < 4.78 is 6.52. The Kier molecular flexibility index (Phi) is 4.68. The Morgan fingerprint density at radius 3 is 2.96 bits per heavy atom. The number of thiazole rings is 1. The molecule has 1 aromatic heterocycles. The SMILES string of the molecule is CCOc1cccc(NC(=O)/C=C/c2nc3ccccc3s2)c1. The number of nitrogens with zero attached hydrogens (tertiary/aromatic N) is 1. The van der Waals surface area contributed by atoms with Crippen molar-refractivity contribution in [1.82, 2.24) is 4.98 Å². The molecule has 0 saturated heterocycles. The van der Waals surface area contributed by atoms with Crippen LogP contribution in [0, 0.1) is 0 Å². The molecule has 1 N–H and O–H groups in total. The van der Waals surface area contributed by atoms with Crippen LogP contribution in [-0.4, -0.2) is 17.5 Å². The molecule has 4 nitrogen and oxygen atoms in total. The maximum absolute atomic E-state index is 12.0. The van der Waals surface area contributed by atoms with Crippen LogP contribution in [0.15, 0.2) is 54.6 Å². The molecule has 0 aliphatic rings. The first-order valence-electron chi connectivity index (χ1n) is 7.32. The second-order valence-corrected chi connectivity index (χ2v) is 5.87. The first-order chi connectivity index (χ1) is 11.2. The predicted molar refractivity (Wildman–Crippen MR) is 94.9 cm³/mol. The highest BCUT2D eigenvalue weighted by molar-refractivity contribution is 7.19. The van der Waals surface area contributed by atoms with Crippen LogP contribution in [0.25, 0.3) is 16.3 Å². The zero-order valence-corrected chi connectivity index (χ0v) is 13.5. The highest BCUT2D eigenvalue weighted by Gasteiger charge is 2.02. The van der Waals surface area contributed by atoms with Crippen molar-refractivity contribution in [2.24, 2.45) is 0 Å². The number of ether oxygens (including phenoxy) is 1. The predicted octanol–water partition coefficient (Wildman–Crippen LogP) is 4.35. The van der Waals surface area contributed by atoms with Crippen molar-refractivity contribution < 1.29 is 9.53 Å². The third-order valence-electron chi connectivity index (χ3n) is 3.10. The van der Waals surface area contributed by atoms with E-state index in [1.807, 2.05) is 49.4 Å². The van der Waals surface area contributed by atoms with Crippen LogP contribution in [0.1, 0.15) is 11.9 Å². The number of hydrogen-bond acceptors (Lipinski definition) is 4. The van der Waals surface area contributed by atoms with E-state index in [-0.39, 0.29) is 5.91 Å². The Morgan fingerprint density at radius 2 is 2.13 bits per heavy atom. The van der Waals surface area contributed by atoms with E-state index in [1.165, 1.54) is 6.08 Å². The first kappa shape index (κ1) is 15.2. The van der Waals surface area contributed by atoms with Gasteiger partial charge in [0.25, 0.3) is 0 Å². The van der Waals surface area contributed by atoms with Gasteiger partial charge in [0.2, 0.25) is 5.91 Å². The first-order valence-corrected chi connectivity index (χ1v) is 8.14. The average Bonchev–Trinajstić information content (AvgIpc) is 2.96. The number of benzene rings is 2. The maximum Gasteiger partial charge on any atom is 0.248 e. The average molecular weight is 324 g/mol. The number of aromatic nitrogens is 1. The molecule has 1 heterocycles. The zero-order valence-electron chi connectivity index (χ0n) is 12.7. The molecule has 23 heavy (non-hydrogen) atoms. The van der Waals surface area contributed by atoms with Crippen LogP contribution in [0.5, 0.6) is 5.75 Å². The van der Waals surface area contributed by atoms with Crippen molar-refractivity contribution in [2.45, 2.75) is 6.92 Å². The lowest BCUT2D eigenvalue weighted by molar-refractivity contribution is -0.111. The number of carbonyl (C=O) groups excluding carboxylic acids is 1. The molecule has 3 aromatic rings. The lowest BCUT2D eigenvalue weighted by atomic mass is 10.3. The van der Waals surface area contributed by atoms with Crippen molar-refractivity contribution >= 4 is 39.2 Å². The normalized spacial score (nSPS) is 11.0. The summed E-state index contributed by atoms with van der Waals surface area (Å²) in [6, 6.07) is 15.2. The monoisotopic (exact) mass is 324 g/mol. The summed E-state index contributed by atoms with van der Waals surface area (Å²) in [7, 11) is 0. The molecule has 0 radical (unpaired) electrons. The van der Waals surface area contributed by atoms with Crippen LogP contribution in [-0.2, 0) is 4.79 Å². The Labute approximate surface area is 138 Å². The Bertz CT molecular complexity index is 822. The van der Waals surface area contributed by atoms with Crippen LogP contribution in [0.2, 0.25) is 0 Å². The van der Waals surface area contributed by atoms with Crippen molar-refractivity contribution in [3.8, 4) is 5.75 Å². The highest BCUT2D eigenvalue weighted by atomic mass is 32.1. The number of rotatable bonds is 5. The summed E-state index contributed by atoms with van der Waals surface area (Å²) in [6.45, 7) is 2.51. The van der Waals surface area contributed by atoms with Crippen LogP contribution in [0.3, 0.4) is 0 Å². The standard InChI is InChI=1S/C18H16N2O2S/c1-2-22-14-7-5-6-13(12-14)19-17(21)10-11-18-20-15-8-3-4-9-16(15)23-18/h3-12H,2H2,1H3,(H,19,21)/b11-10+. The van der Waals surface area contributed by atoms with Gasteiger partial charge in [-0.1, -0.05) is 18.2 Å². The summed E-state index contributed by atoms with van der Waals surface area (Å²) in [5, 5.41) is 3.63. The summed E-state index contributed by atoms with van der Waals surface area (Å²) in [4.78, 5) is 16.5. The molecule has 0 spiro atoms.